The molecule has 0 fully saturated rings. The Morgan fingerprint density at radius 3 is 2.53 bits per heavy atom. The van der Waals surface area contributed by atoms with Gasteiger partial charge in [-0.05, 0) is 30.2 Å². The molecular weight excluding hydrogens is 414 g/mol. The van der Waals surface area contributed by atoms with Crippen LogP contribution in [0.1, 0.15) is 20.3 Å². The number of hydrogen-bond acceptors (Lipinski definition) is 7. The molecular formula is C24H25NO7. The van der Waals surface area contributed by atoms with Crippen LogP contribution in [0.4, 0.5) is 0 Å². The van der Waals surface area contributed by atoms with E-state index in [0.29, 0.717) is 28.9 Å². The Morgan fingerprint density at radius 2 is 1.84 bits per heavy atom. The lowest BCUT2D eigenvalue weighted by Gasteiger charge is -2.21. The normalized spacial score (nSPS) is 12.6. The van der Waals surface area contributed by atoms with Crippen molar-refractivity contribution in [3.05, 3.63) is 65.0 Å². The minimum atomic E-state index is -0.751. The third-order valence-corrected chi connectivity index (χ3v) is 5.04. The zero-order valence-electron chi connectivity index (χ0n) is 18.1. The van der Waals surface area contributed by atoms with Gasteiger partial charge in [-0.2, -0.15) is 0 Å². The van der Waals surface area contributed by atoms with Crippen LogP contribution < -0.4 is 20.2 Å². The van der Waals surface area contributed by atoms with Gasteiger partial charge in [-0.25, -0.2) is 4.79 Å². The summed E-state index contributed by atoms with van der Waals surface area (Å²) in [6.45, 7) is 3.46. The molecule has 0 saturated carbocycles. The number of esters is 1. The Morgan fingerprint density at radius 1 is 1.09 bits per heavy atom. The second-order valence-electron chi connectivity index (χ2n) is 7.24. The number of carbonyl (C=O) groups is 2. The van der Waals surface area contributed by atoms with Gasteiger partial charge in [-0.1, -0.05) is 38.5 Å². The number of amides is 1. The van der Waals surface area contributed by atoms with Crippen LogP contribution in [0, 0.1) is 5.92 Å². The van der Waals surface area contributed by atoms with Crippen molar-refractivity contribution in [1.82, 2.24) is 5.32 Å². The predicted octanol–water partition coefficient (Wildman–Crippen LogP) is 3.67. The number of ether oxygens (including phenoxy) is 3. The molecule has 3 aromatic rings. The Kier molecular flexibility index (Phi) is 7.49. The summed E-state index contributed by atoms with van der Waals surface area (Å²) in [5.41, 5.74) is -0.0331. The molecule has 32 heavy (non-hydrogen) atoms. The molecule has 1 aromatic heterocycles. The smallest absolute Gasteiger partial charge is 0.328 e. The fourth-order valence-electron chi connectivity index (χ4n) is 3.03. The highest BCUT2D eigenvalue weighted by molar-refractivity contribution is 5.85. The maximum absolute atomic E-state index is 12.7. The molecule has 0 saturated heterocycles. The number of rotatable bonds is 9. The number of para-hydroxylation sites is 1. The summed E-state index contributed by atoms with van der Waals surface area (Å²) in [5, 5.41) is 2.95. The molecule has 8 heteroatoms. The predicted molar refractivity (Wildman–Crippen MR) is 118 cm³/mol. The number of methoxy groups -OCH3 is 1. The van der Waals surface area contributed by atoms with E-state index in [1.54, 1.807) is 36.4 Å². The SMILES string of the molecule is CC[C@H](C)[C@H](NC(=O)COc1ccc2c(=O)c(Oc3ccccc3)coc2c1)C(=O)OC. The summed E-state index contributed by atoms with van der Waals surface area (Å²) >= 11 is 0. The lowest BCUT2D eigenvalue weighted by Crippen LogP contribution is -2.47. The zero-order chi connectivity index (χ0) is 23.1. The summed E-state index contributed by atoms with van der Waals surface area (Å²) in [4.78, 5) is 36.9. The molecule has 1 amide bonds. The molecule has 2 aromatic carbocycles. The highest BCUT2D eigenvalue weighted by Gasteiger charge is 2.26. The molecule has 0 aliphatic rings. The van der Waals surface area contributed by atoms with Crippen molar-refractivity contribution in [1.29, 1.82) is 0 Å². The molecule has 1 heterocycles. The van der Waals surface area contributed by atoms with Crippen LogP contribution >= 0.6 is 0 Å². The van der Waals surface area contributed by atoms with Gasteiger partial charge in [0.1, 0.15) is 29.4 Å². The number of fused-ring (bicyclic) bond motifs is 1. The Hall–Kier alpha value is -3.81. The summed E-state index contributed by atoms with van der Waals surface area (Å²) < 4.78 is 21.4. The molecule has 168 valence electrons. The van der Waals surface area contributed by atoms with Crippen LogP contribution in [0.5, 0.6) is 17.2 Å². The van der Waals surface area contributed by atoms with Crippen molar-refractivity contribution in [3.8, 4) is 17.2 Å². The summed E-state index contributed by atoms with van der Waals surface area (Å²) in [5.74, 6) is -0.134. The quantitative estimate of drug-likeness (QED) is 0.507. The van der Waals surface area contributed by atoms with Crippen molar-refractivity contribution in [3.63, 3.8) is 0 Å². The van der Waals surface area contributed by atoms with Gasteiger partial charge >= 0.3 is 5.97 Å². The van der Waals surface area contributed by atoms with E-state index in [2.05, 4.69) is 5.32 Å². The second kappa shape index (κ2) is 10.5. The third kappa shape index (κ3) is 5.46. The van der Waals surface area contributed by atoms with Gasteiger partial charge in [-0.15, -0.1) is 0 Å². The van der Waals surface area contributed by atoms with Crippen molar-refractivity contribution < 1.29 is 28.2 Å². The minimum Gasteiger partial charge on any atom is -0.484 e. The van der Waals surface area contributed by atoms with Gasteiger partial charge < -0.3 is 23.9 Å². The number of nitrogens with one attached hydrogen (secondary N) is 1. The van der Waals surface area contributed by atoms with E-state index in [-0.39, 0.29) is 23.7 Å². The van der Waals surface area contributed by atoms with Gasteiger partial charge in [0.25, 0.3) is 5.91 Å². The van der Waals surface area contributed by atoms with E-state index < -0.39 is 17.9 Å². The third-order valence-electron chi connectivity index (χ3n) is 5.04. The lowest BCUT2D eigenvalue weighted by atomic mass is 9.99. The maximum atomic E-state index is 12.7. The van der Waals surface area contributed by atoms with Gasteiger partial charge in [0, 0.05) is 6.07 Å². The first-order chi connectivity index (χ1) is 15.4. The largest absolute Gasteiger partial charge is 0.484 e. The minimum absolute atomic E-state index is 0.0654. The standard InChI is InChI=1S/C24H25NO7/c1-4-15(2)22(24(28)29-3)25-21(26)14-30-17-10-11-18-19(12-17)31-13-20(23(18)27)32-16-8-6-5-7-9-16/h5-13,15,22H,4,14H2,1-3H3,(H,25,26)/t15-,22-/m0/s1. The monoisotopic (exact) mass is 439 g/mol. The van der Waals surface area contributed by atoms with Crippen molar-refractivity contribution in [2.75, 3.05) is 13.7 Å². The molecule has 8 nitrogen and oxygen atoms in total. The molecule has 0 unspecified atom stereocenters. The van der Waals surface area contributed by atoms with Gasteiger partial charge in [0.15, 0.2) is 6.61 Å². The van der Waals surface area contributed by atoms with E-state index in [1.165, 1.54) is 19.4 Å². The van der Waals surface area contributed by atoms with Crippen molar-refractivity contribution >= 4 is 22.8 Å². The summed E-state index contributed by atoms with van der Waals surface area (Å²) in [6.07, 6.45) is 1.93. The fourth-order valence-corrected chi connectivity index (χ4v) is 3.03. The average Bonchev–Trinajstić information content (AvgIpc) is 2.82. The van der Waals surface area contributed by atoms with E-state index in [9.17, 15) is 14.4 Å². The molecule has 0 radical (unpaired) electrons. The fraction of sp³-hybridized carbons (Fsp3) is 0.292. The van der Waals surface area contributed by atoms with E-state index in [0.717, 1.165) is 0 Å². The average molecular weight is 439 g/mol. The molecule has 0 aliphatic heterocycles. The summed E-state index contributed by atoms with van der Waals surface area (Å²) in [6, 6.07) is 12.8. The molecule has 0 aliphatic carbocycles. The molecule has 0 bridgehead atoms. The van der Waals surface area contributed by atoms with Gasteiger partial charge in [0.05, 0.1) is 12.5 Å². The molecule has 2 atom stereocenters. The molecule has 3 rings (SSSR count). The van der Waals surface area contributed by atoms with Crippen molar-refractivity contribution in [2.45, 2.75) is 26.3 Å². The van der Waals surface area contributed by atoms with Crippen LogP contribution in [0.15, 0.2) is 64.0 Å². The highest BCUT2D eigenvalue weighted by Crippen LogP contribution is 2.24. The lowest BCUT2D eigenvalue weighted by molar-refractivity contribution is -0.146. The Bertz CT molecular complexity index is 1140. The Balaban J connectivity index is 1.68. The maximum Gasteiger partial charge on any atom is 0.328 e. The number of benzene rings is 2. The van der Waals surface area contributed by atoms with Crippen LogP contribution in [0.3, 0.4) is 0 Å². The van der Waals surface area contributed by atoms with Crippen LogP contribution in [-0.4, -0.2) is 31.6 Å². The van der Waals surface area contributed by atoms with Gasteiger partial charge in [-0.3, -0.25) is 9.59 Å². The zero-order valence-corrected chi connectivity index (χ0v) is 18.1. The van der Waals surface area contributed by atoms with Crippen LogP contribution in [0.25, 0.3) is 11.0 Å². The molecule has 1 N–H and O–H groups in total. The first-order valence-corrected chi connectivity index (χ1v) is 10.2. The van der Waals surface area contributed by atoms with E-state index >= 15 is 0 Å². The van der Waals surface area contributed by atoms with Crippen LogP contribution in [0.2, 0.25) is 0 Å². The second-order valence-corrected chi connectivity index (χ2v) is 7.24. The number of hydrogen-bond donors (Lipinski definition) is 1. The topological polar surface area (TPSA) is 104 Å². The Labute approximate surface area is 185 Å². The highest BCUT2D eigenvalue weighted by atomic mass is 16.5. The van der Waals surface area contributed by atoms with Crippen molar-refractivity contribution in [2.24, 2.45) is 5.92 Å². The van der Waals surface area contributed by atoms with E-state index in [4.69, 9.17) is 18.6 Å². The molecule has 0 spiro atoms. The van der Waals surface area contributed by atoms with Gasteiger partial charge in [0.2, 0.25) is 11.2 Å². The van der Waals surface area contributed by atoms with Crippen LogP contribution in [-0.2, 0) is 14.3 Å². The summed E-state index contributed by atoms with van der Waals surface area (Å²) in [7, 11) is 1.28. The first-order valence-electron chi connectivity index (χ1n) is 10.2. The van der Waals surface area contributed by atoms with E-state index in [1.807, 2.05) is 19.9 Å². The first kappa shape index (κ1) is 22.9. The number of carbonyl (C=O) groups excluding carboxylic acids is 2.